The third-order valence-electron chi connectivity index (χ3n) is 4.47. The first-order valence-electron chi connectivity index (χ1n) is 8.72. The summed E-state index contributed by atoms with van der Waals surface area (Å²) in [5.41, 5.74) is 3.63. The van der Waals surface area contributed by atoms with Crippen LogP contribution in [0.15, 0.2) is 24.7 Å². The number of aromatic amines is 1. The Balaban J connectivity index is 1.77. The molecule has 3 aromatic rings. The van der Waals surface area contributed by atoms with Gasteiger partial charge in [0, 0.05) is 37.1 Å². The highest BCUT2D eigenvalue weighted by molar-refractivity contribution is 5.99. The summed E-state index contributed by atoms with van der Waals surface area (Å²) in [6, 6.07) is 4.26. The summed E-state index contributed by atoms with van der Waals surface area (Å²) in [7, 11) is 0. The van der Waals surface area contributed by atoms with E-state index >= 15 is 0 Å². The Morgan fingerprint density at radius 2 is 2.04 bits per heavy atom. The Kier molecular flexibility index (Phi) is 4.31. The average Bonchev–Trinajstić information content (AvgIpc) is 3.07. The molecule has 1 aliphatic rings. The zero-order valence-electron chi connectivity index (χ0n) is 14.5. The lowest BCUT2D eigenvalue weighted by atomic mass is 9.95. The first-order chi connectivity index (χ1) is 12.2. The van der Waals surface area contributed by atoms with Gasteiger partial charge < -0.3 is 10.1 Å². The van der Waals surface area contributed by atoms with Crippen LogP contribution in [0.4, 0.5) is 5.82 Å². The van der Waals surface area contributed by atoms with Gasteiger partial charge in [0.2, 0.25) is 0 Å². The maximum Gasteiger partial charge on any atom is 0.137 e. The van der Waals surface area contributed by atoms with E-state index in [4.69, 9.17) is 4.74 Å². The summed E-state index contributed by atoms with van der Waals surface area (Å²) in [5, 5.41) is 11.9. The monoisotopic (exact) mass is 338 g/mol. The number of pyridine rings is 1. The summed E-state index contributed by atoms with van der Waals surface area (Å²) in [6.07, 6.45) is 5.41. The molecule has 1 saturated heterocycles. The van der Waals surface area contributed by atoms with Crippen LogP contribution in [-0.4, -0.2) is 44.4 Å². The van der Waals surface area contributed by atoms with Crippen LogP contribution in [0.2, 0.25) is 0 Å². The fraction of sp³-hybridized carbons (Fsp3) is 0.444. The highest BCUT2D eigenvalue weighted by atomic mass is 16.5. The predicted octanol–water partition coefficient (Wildman–Crippen LogP) is 3.13. The van der Waals surface area contributed by atoms with E-state index < -0.39 is 0 Å². The standard InChI is InChI=1S/C18H22N6O/c1-11(2)22-18-16-13(3-6-19-18)23-24-17(16)15-9-14(20-10-21-15)12-4-7-25-8-5-12/h3,6,9-12H,4-5,7-8H2,1-2H3,(H,19,22)(H,23,24). The molecule has 0 amide bonds. The summed E-state index contributed by atoms with van der Waals surface area (Å²) >= 11 is 0. The van der Waals surface area contributed by atoms with Gasteiger partial charge in [-0.1, -0.05) is 0 Å². The minimum atomic E-state index is 0.282. The quantitative estimate of drug-likeness (QED) is 0.760. The van der Waals surface area contributed by atoms with Crippen molar-refractivity contribution in [2.24, 2.45) is 0 Å². The number of aromatic nitrogens is 5. The zero-order chi connectivity index (χ0) is 17.2. The van der Waals surface area contributed by atoms with E-state index in [1.807, 2.05) is 6.07 Å². The maximum absolute atomic E-state index is 5.46. The van der Waals surface area contributed by atoms with Crippen molar-refractivity contribution in [2.75, 3.05) is 18.5 Å². The molecule has 0 aliphatic carbocycles. The molecule has 7 nitrogen and oxygen atoms in total. The fourth-order valence-corrected chi connectivity index (χ4v) is 3.25. The molecule has 0 atom stereocenters. The van der Waals surface area contributed by atoms with Crippen molar-refractivity contribution in [3.63, 3.8) is 0 Å². The molecule has 4 heterocycles. The molecule has 0 saturated carbocycles. The van der Waals surface area contributed by atoms with Crippen molar-refractivity contribution >= 4 is 16.7 Å². The third kappa shape index (κ3) is 3.19. The van der Waals surface area contributed by atoms with E-state index in [1.54, 1.807) is 12.5 Å². The van der Waals surface area contributed by atoms with Gasteiger partial charge in [0.05, 0.1) is 16.6 Å². The average molecular weight is 338 g/mol. The molecule has 3 aromatic heterocycles. The van der Waals surface area contributed by atoms with Crippen LogP contribution in [0.3, 0.4) is 0 Å². The molecule has 0 radical (unpaired) electrons. The van der Waals surface area contributed by atoms with Crippen molar-refractivity contribution in [2.45, 2.75) is 38.6 Å². The van der Waals surface area contributed by atoms with Gasteiger partial charge >= 0.3 is 0 Å². The number of rotatable bonds is 4. The second-order valence-electron chi connectivity index (χ2n) is 6.67. The molecule has 0 bridgehead atoms. The second-order valence-corrected chi connectivity index (χ2v) is 6.67. The van der Waals surface area contributed by atoms with E-state index in [1.165, 1.54) is 0 Å². The van der Waals surface area contributed by atoms with Gasteiger partial charge in [0.1, 0.15) is 17.8 Å². The number of hydrogen-bond donors (Lipinski definition) is 2. The largest absolute Gasteiger partial charge is 0.381 e. The zero-order valence-corrected chi connectivity index (χ0v) is 14.5. The van der Waals surface area contributed by atoms with Crippen LogP contribution in [0.1, 0.15) is 38.3 Å². The molecule has 1 fully saturated rings. The smallest absolute Gasteiger partial charge is 0.137 e. The van der Waals surface area contributed by atoms with Gasteiger partial charge in [-0.05, 0) is 38.8 Å². The number of nitrogens with zero attached hydrogens (tertiary/aromatic N) is 4. The Labute approximate surface area is 146 Å². The van der Waals surface area contributed by atoms with Crippen molar-refractivity contribution in [3.05, 3.63) is 30.4 Å². The maximum atomic E-state index is 5.46. The summed E-state index contributed by atoms with van der Waals surface area (Å²) in [5.74, 6) is 1.24. The molecule has 130 valence electrons. The molecule has 25 heavy (non-hydrogen) atoms. The lowest BCUT2D eigenvalue weighted by Gasteiger charge is -2.21. The molecule has 0 aromatic carbocycles. The van der Waals surface area contributed by atoms with E-state index in [9.17, 15) is 0 Å². The van der Waals surface area contributed by atoms with Crippen LogP contribution in [0.5, 0.6) is 0 Å². The van der Waals surface area contributed by atoms with Gasteiger partial charge in [-0.15, -0.1) is 0 Å². The first kappa shape index (κ1) is 16.0. The highest BCUT2D eigenvalue weighted by Gasteiger charge is 2.20. The van der Waals surface area contributed by atoms with Crippen molar-refractivity contribution in [1.29, 1.82) is 0 Å². The molecule has 7 heteroatoms. The van der Waals surface area contributed by atoms with Crippen LogP contribution in [0.25, 0.3) is 22.3 Å². The summed E-state index contributed by atoms with van der Waals surface area (Å²) in [4.78, 5) is 13.4. The number of fused-ring (bicyclic) bond motifs is 1. The predicted molar refractivity (Wildman–Crippen MR) is 96.5 cm³/mol. The Morgan fingerprint density at radius 1 is 1.20 bits per heavy atom. The van der Waals surface area contributed by atoms with Gasteiger partial charge in [0.15, 0.2) is 0 Å². The Morgan fingerprint density at radius 3 is 2.84 bits per heavy atom. The van der Waals surface area contributed by atoms with Crippen molar-refractivity contribution in [3.8, 4) is 11.4 Å². The molecule has 0 spiro atoms. The lowest BCUT2D eigenvalue weighted by Crippen LogP contribution is -2.15. The van der Waals surface area contributed by atoms with E-state index in [-0.39, 0.29) is 6.04 Å². The fourth-order valence-electron chi connectivity index (χ4n) is 3.25. The van der Waals surface area contributed by atoms with Crippen molar-refractivity contribution in [1.82, 2.24) is 25.1 Å². The van der Waals surface area contributed by atoms with Gasteiger partial charge in [-0.2, -0.15) is 5.10 Å². The number of anilines is 1. The van der Waals surface area contributed by atoms with E-state index in [0.29, 0.717) is 5.92 Å². The second kappa shape index (κ2) is 6.76. The van der Waals surface area contributed by atoms with E-state index in [2.05, 4.69) is 50.4 Å². The van der Waals surface area contributed by atoms with E-state index in [0.717, 1.165) is 59.9 Å². The minimum absolute atomic E-state index is 0.282. The minimum Gasteiger partial charge on any atom is -0.381 e. The van der Waals surface area contributed by atoms with Crippen LogP contribution in [-0.2, 0) is 4.74 Å². The third-order valence-corrected chi connectivity index (χ3v) is 4.47. The van der Waals surface area contributed by atoms with Gasteiger partial charge in [-0.3, -0.25) is 5.10 Å². The number of ether oxygens (including phenoxy) is 1. The molecule has 1 aliphatic heterocycles. The summed E-state index contributed by atoms with van der Waals surface area (Å²) < 4.78 is 5.46. The van der Waals surface area contributed by atoms with Crippen molar-refractivity contribution < 1.29 is 4.74 Å². The summed E-state index contributed by atoms with van der Waals surface area (Å²) in [6.45, 7) is 5.77. The normalized spacial score (nSPS) is 15.8. The lowest BCUT2D eigenvalue weighted by molar-refractivity contribution is 0.0845. The molecule has 4 rings (SSSR count). The Bertz CT molecular complexity index is 869. The first-order valence-corrected chi connectivity index (χ1v) is 8.72. The van der Waals surface area contributed by atoms with Gasteiger partial charge in [-0.25, -0.2) is 15.0 Å². The molecular weight excluding hydrogens is 316 g/mol. The molecule has 2 N–H and O–H groups in total. The topological polar surface area (TPSA) is 88.6 Å². The van der Waals surface area contributed by atoms with Gasteiger partial charge in [0.25, 0.3) is 0 Å². The number of nitrogens with one attached hydrogen (secondary N) is 2. The molecular formula is C18H22N6O. The Hall–Kier alpha value is -2.54. The highest BCUT2D eigenvalue weighted by Crippen LogP contribution is 2.32. The van der Waals surface area contributed by atoms with Crippen LogP contribution in [0, 0.1) is 0 Å². The SMILES string of the molecule is CC(C)Nc1nccc2[nH]nc(-c3cc(C4CCOCC4)ncn3)c12. The molecule has 0 unspecified atom stereocenters. The number of hydrogen-bond acceptors (Lipinski definition) is 6. The van der Waals surface area contributed by atoms with Crippen LogP contribution < -0.4 is 5.32 Å². The number of H-pyrrole nitrogens is 1. The van der Waals surface area contributed by atoms with Crippen LogP contribution >= 0.6 is 0 Å².